The highest BCUT2D eigenvalue weighted by Crippen LogP contribution is 2.36. The largest absolute Gasteiger partial charge is 0.494 e. The first-order chi connectivity index (χ1) is 9.93. The second kappa shape index (κ2) is 6.30. The molecule has 0 amide bonds. The lowest BCUT2D eigenvalue weighted by Crippen LogP contribution is -2.42. The minimum Gasteiger partial charge on any atom is -0.494 e. The number of hydrogen-bond acceptors (Lipinski definition) is 5. The molecule has 116 valence electrons. The molecule has 1 aromatic rings. The molecule has 6 heteroatoms. The van der Waals surface area contributed by atoms with Gasteiger partial charge >= 0.3 is 0 Å². The third-order valence-electron chi connectivity index (χ3n) is 4.23. The van der Waals surface area contributed by atoms with Crippen LogP contribution in [0.15, 0.2) is 12.1 Å². The Morgan fingerprint density at radius 2 is 1.95 bits per heavy atom. The van der Waals surface area contributed by atoms with Crippen LogP contribution in [-0.4, -0.2) is 50.2 Å². The van der Waals surface area contributed by atoms with Gasteiger partial charge in [0.25, 0.3) is 5.69 Å². The standard InChI is InChI=1S/C15H23N3O3/c1-11-9-14(15(21-4)10-13(11)18(19)20)17-7-5-12(6-8-17)16(2)3/h9-10,12H,5-8H2,1-4H3. The molecule has 0 saturated carbocycles. The van der Waals surface area contributed by atoms with Crippen molar-refractivity contribution in [3.8, 4) is 5.75 Å². The van der Waals surface area contributed by atoms with E-state index < -0.39 is 0 Å². The second-order valence-electron chi connectivity index (χ2n) is 5.75. The van der Waals surface area contributed by atoms with Crippen LogP contribution in [-0.2, 0) is 0 Å². The smallest absolute Gasteiger partial charge is 0.276 e. The number of hydrogen-bond donors (Lipinski definition) is 0. The van der Waals surface area contributed by atoms with E-state index in [1.165, 1.54) is 6.07 Å². The number of benzene rings is 1. The van der Waals surface area contributed by atoms with Crippen LogP contribution in [0.2, 0.25) is 0 Å². The maximum Gasteiger partial charge on any atom is 0.276 e. The van der Waals surface area contributed by atoms with E-state index in [2.05, 4.69) is 23.9 Å². The molecule has 21 heavy (non-hydrogen) atoms. The number of rotatable bonds is 4. The Morgan fingerprint density at radius 3 is 2.43 bits per heavy atom. The number of aryl methyl sites for hydroxylation is 1. The summed E-state index contributed by atoms with van der Waals surface area (Å²) in [4.78, 5) is 15.2. The molecule has 0 spiro atoms. The zero-order valence-corrected chi connectivity index (χ0v) is 13.1. The average Bonchev–Trinajstić information content (AvgIpc) is 2.46. The molecule has 0 atom stereocenters. The van der Waals surface area contributed by atoms with Gasteiger partial charge in [-0.25, -0.2) is 0 Å². The van der Waals surface area contributed by atoms with Gasteiger partial charge in [0, 0.05) is 24.7 Å². The molecule has 1 aliphatic heterocycles. The lowest BCUT2D eigenvalue weighted by atomic mass is 10.0. The van der Waals surface area contributed by atoms with Crippen LogP contribution in [0.5, 0.6) is 5.75 Å². The highest BCUT2D eigenvalue weighted by Gasteiger charge is 2.24. The van der Waals surface area contributed by atoms with Gasteiger partial charge in [0.15, 0.2) is 0 Å². The zero-order valence-electron chi connectivity index (χ0n) is 13.1. The maximum atomic E-state index is 11.0. The quantitative estimate of drug-likeness (QED) is 0.630. The molecule has 1 saturated heterocycles. The maximum absolute atomic E-state index is 11.0. The first-order valence-corrected chi connectivity index (χ1v) is 7.18. The molecule has 1 aromatic carbocycles. The highest BCUT2D eigenvalue weighted by molar-refractivity contribution is 5.65. The van der Waals surface area contributed by atoms with Gasteiger partial charge in [-0.05, 0) is 39.9 Å². The number of anilines is 1. The summed E-state index contributed by atoms with van der Waals surface area (Å²) < 4.78 is 5.36. The van der Waals surface area contributed by atoms with E-state index in [4.69, 9.17) is 4.74 Å². The van der Waals surface area contributed by atoms with Crippen LogP contribution < -0.4 is 9.64 Å². The number of nitrogens with zero attached hydrogens (tertiary/aromatic N) is 3. The average molecular weight is 293 g/mol. The van der Waals surface area contributed by atoms with Crippen LogP contribution in [0.1, 0.15) is 18.4 Å². The number of ether oxygens (including phenoxy) is 1. The molecule has 6 nitrogen and oxygen atoms in total. The van der Waals surface area contributed by atoms with Gasteiger partial charge in [0.1, 0.15) is 5.75 Å². The molecule has 1 heterocycles. The van der Waals surface area contributed by atoms with E-state index in [0.29, 0.717) is 17.4 Å². The molecular formula is C15H23N3O3. The molecule has 0 N–H and O–H groups in total. The number of piperidine rings is 1. The van der Waals surface area contributed by atoms with Crippen molar-refractivity contribution < 1.29 is 9.66 Å². The van der Waals surface area contributed by atoms with Gasteiger partial charge in [0.05, 0.1) is 23.8 Å². The van der Waals surface area contributed by atoms with Gasteiger partial charge in [-0.3, -0.25) is 10.1 Å². The van der Waals surface area contributed by atoms with Crippen molar-refractivity contribution in [2.45, 2.75) is 25.8 Å². The van der Waals surface area contributed by atoms with Crippen molar-refractivity contribution in [2.24, 2.45) is 0 Å². The fourth-order valence-corrected chi connectivity index (χ4v) is 2.89. The van der Waals surface area contributed by atoms with Crippen LogP contribution in [0.3, 0.4) is 0 Å². The van der Waals surface area contributed by atoms with Gasteiger partial charge in [-0.2, -0.15) is 0 Å². The first-order valence-electron chi connectivity index (χ1n) is 7.18. The molecule has 1 fully saturated rings. The van der Waals surface area contributed by atoms with Gasteiger partial charge in [0.2, 0.25) is 0 Å². The van der Waals surface area contributed by atoms with E-state index in [-0.39, 0.29) is 10.6 Å². The van der Waals surface area contributed by atoms with Crippen molar-refractivity contribution in [1.82, 2.24) is 4.90 Å². The molecule has 0 aliphatic carbocycles. The summed E-state index contributed by atoms with van der Waals surface area (Å²) in [5.41, 5.74) is 1.74. The molecule has 0 aromatic heterocycles. The predicted octanol–water partition coefficient (Wildman–Crippen LogP) is 2.44. The molecule has 2 rings (SSSR count). The van der Waals surface area contributed by atoms with Gasteiger partial charge in [-0.15, -0.1) is 0 Å². The normalized spacial score (nSPS) is 16.3. The van der Waals surface area contributed by atoms with Gasteiger partial charge in [-0.1, -0.05) is 0 Å². The Kier molecular flexibility index (Phi) is 4.67. The molecular weight excluding hydrogens is 270 g/mol. The van der Waals surface area contributed by atoms with Crippen molar-refractivity contribution in [1.29, 1.82) is 0 Å². The highest BCUT2D eigenvalue weighted by atomic mass is 16.6. The number of methoxy groups -OCH3 is 1. The first kappa shape index (κ1) is 15.6. The van der Waals surface area contributed by atoms with E-state index in [1.54, 1.807) is 14.0 Å². The second-order valence-corrected chi connectivity index (χ2v) is 5.75. The Morgan fingerprint density at radius 1 is 1.33 bits per heavy atom. The van der Waals surface area contributed by atoms with E-state index in [0.717, 1.165) is 31.6 Å². The Balaban J connectivity index is 2.24. The molecule has 0 bridgehead atoms. The van der Waals surface area contributed by atoms with Crippen LogP contribution in [0.4, 0.5) is 11.4 Å². The van der Waals surface area contributed by atoms with E-state index in [9.17, 15) is 10.1 Å². The minimum atomic E-state index is -0.361. The van der Waals surface area contributed by atoms with Crippen molar-refractivity contribution in [3.05, 3.63) is 27.8 Å². The summed E-state index contributed by atoms with van der Waals surface area (Å²) >= 11 is 0. The van der Waals surface area contributed by atoms with E-state index >= 15 is 0 Å². The zero-order chi connectivity index (χ0) is 15.6. The van der Waals surface area contributed by atoms with Crippen molar-refractivity contribution >= 4 is 11.4 Å². The Hall–Kier alpha value is -1.82. The number of nitro benzene ring substituents is 1. The fourth-order valence-electron chi connectivity index (χ4n) is 2.89. The van der Waals surface area contributed by atoms with Crippen LogP contribution in [0, 0.1) is 17.0 Å². The lowest BCUT2D eigenvalue weighted by Gasteiger charge is -2.37. The summed E-state index contributed by atoms with van der Waals surface area (Å²) in [6.45, 7) is 3.65. The van der Waals surface area contributed by atoms with Crippen molar-refractivity contribution in [2.75, 3.05) is 39.2 Å². The van der Waals surface area contributed by atoms with Crippen LogP contribution in [0.25, 0.3) is 0 Å². The lowest BCUT2D eigenvalue weighted by molar-refractivity contribution is -0.385. The summed E-state index contributed by atoms with van der Waals surface area (Å²) in [5.74, 6) is 0.579. The monoisotopic (exact) mass is 293 g/mol. The number of nitro groups is 1. The predicted molar refractivity (Wildman–Crippen MR) is 83.3 cm³/mol. The molecule has 0 unspecified atom stereocenters. The summed E-state index contributed by atoms with van der Waals surface area (Å²) in [6.07, 6.45) is 2.18. The Labute approximate surface area is 125 Å². The molecule has 0 radical (unpaired) electrons. The third-order valence-corrected chi connectivity index (χ3v) is 4.23. The molecule has 1 aliphatic rings. The SMILES string of the molecule is COc1cc([N+](=O)[O-])c(C)cc1N1CCC(N(C)C)CC1. The van der Waals surface area contributed by atoms with Crippen molar-refractivity contribution in [3.63, 3.8) is 0 Å². The minimum absolute atomic E-state index is 0.110. The summed E-state index contributed by atoms with van der Waals surface area (Å²) in [5, 5.41) is 11.0. The van der Waals surface area contributed by atoms with Gasteiger partial charge < -0.3 is 14.5 Å². The Bertz CT molecular complexity index is 523. The summed E-state index contributed by atoms with van der Waals surface area (Å²) in [7, 11) is 5.78. The van der Waals surface area contributed by atoms with E-state index in [1.807, 2.05) is 6.07 Å². The topological polar surface area (TPSA) is 58.9 Å². The third kappa shape index (κ3) is 3.26. The van der Waals surface area contributed by atoms with Crippen LogP contribution >= 0.6 is 0 Å². The summed E-state index contributed by atoms with van der Waals surface area (Å²) in [6, 6.07) is 4.00. The fraction of sp³-hybridized carbons (Fsp3) is 0.600.